The maximum absolute atomic E-state index is 5.09. The van der Waals surface area contributed by atoms with Crippen LogP contribution in [0.1, 0.15) is 12.8 Å². The second-order valence-corrected chi connectivity index (χ2v) is 3.70. The summed E-state index contributed by atoms with van der Waals surface area (Å²) in [7, 11) is 0. The zero-order chi connectivity index (χ0) is 9.10. The van der Waals surface area contributed by atoms with Gasteiger partial charge in [-0.15, -0.1) is 6.58 Å². The van der Waals surface area contributed by atoms with E-state index in [4.69, 9.17) is 4.84 Å². The lowest BCUT2D eigenvalue weighted by Crippen LogP contribution is -2.40. The highest BCUT2D eigenvalue weighted by molar-refractivity contribution is 5.88. The molecule has 1 atom stereocenters. The minimum Gasteiger partial charge on any atom is -0.395 e. The lowest BCUT2D eigenvalue weighted by Gasteiger charge is -2.29. The number of hydrogen-bond donors (Lipinski definition) is 0. The Hall–Kier alpha value is -0.830. The molecule has 0 aromatic heterocycles. The van der Waals surface area contributed by atoms with Crippen molar-refractivity contribution in [1.82, 2.24) is 4.90 Å². The van der Waals surface area contributed by atoms with Gasteiger partial charge in [-0.1, -0.05) is 11.2 Å². The highest BCUT2D eigenvalue weighted by Gasteiger charge is 2.29. The van der Waals surface area contributed by atoms with Crippen LogP contribution < -0.4 is 0 Å². The quantitative estimate of drug-likeness (QED) is 0.611. The predicted octanol–water partition coefficient (Wildman–Crippen LogP) is 1.27. The fraction of sp³-hybridized carbons (Fsp3) is 0.700. The van der Waals surface area contributed by atoms with E-state index in [2.05, 4.69) is 16.6 Å². The smallest absolute Gasteiger partial charge is 0.126 e. The summed E-state index contributed by atoms with van der Waals surface area (Å²) in [6, 6.07) is 0. The number of piperidine rings is 1. The molecular formula is C10H16N2O. The van der Waals surface area contributed by atoms with Crippen LogP contribution in [0, 0.1) is 5.92 Å². The molecule has 0 amide bonds. The van der Waals surface area contributed by atoms with E-state index < -0.39 is 0 Å². The van der Waals surface area contributed by atoms with E-state index in [-0.39, 0.29) is 0 Å². The zero-order valence-electron chi connectivity index (χ0n) is 7.91. The van der Waals surface area contributed by atoms with E-state index in [1.54, 1.807) is 0 Å². The molecule has 72 valence electrons. The van der Waals surface area contributed by atoms with Crippen LogP contribution in [0.25, 0.3) is 0 Å². The first-order valence-electron chi connectivity index (χ1n) is 4.92. The normalized spacial score (nSPS) is 27.7. The van der Waals surface area contributed by atoms with Crippen LogP contribution >= 0.6 is 0 Å². The number of nitrogens with zero attached hydrogens (tertiary/aromatic N) is 2. The second kappa shape index (κ2) is 3.92. The Kier molecular flexibility index (Phi) is 2.64. The van der Waals surface area contributed by atoms with E-state index in [1.165, 1.54) is 5.71 Å². The van der Waals surface area contributed by atoms with Crippen molar-refractivity contribution in [2.24, 2.45) is 11.1 Å². The summed E-state index contributed by atoms with van der Waals surface area (Å²) in [4.78, 5) is 7.56. The van der Waals surface area contributed by atoms with Gasteiger partial charge in [0.1, 0.15) is 6.61 Å². The standard InChI is InChI=1S/C10H16N2O/c1-2-3-5-12-6-4-10-9(7-12)8-13-11-10/h2,9H,1,3-8H2/t9-/m0/s1. The molecule has 3 heteroatoms. The van der Waals surface area contributed by atoms with Gasteiger partial charge in [-0.3, -0.25) is 0 Å². The predicted molar refractivity (Wildman–Crippen MR) is 52.7 cm³/mol. The molecule has 0 saturated carbocycles. The fourth-order valence-electron chi connectivity index (χ4n) is 1.94. The molecule has 0 N–H and O–H groups in total. The third-order valence-corrected chi connectivity index (χ3v) is 2.74. The topological polar surface area (TPSA) is 24.8 Å². The molecular weight excluding hydrogens is 164 g/mol. The van der Waals surface area contributed by atoms with Gasteiger partial charge >= 0.3 is 0 Å². The van der Waals surface area contributed by atoms with Crippen molar-refractivity contribution in [3.05, 3.63) is 12.7 Å². The van der Waals surface area contributed by atoms with Gasteiger partial charge in [0, 0.05) is 26.1 Å². The Morgan fingerprint density at radius 2 is 2.62 bits per heavy atom. The maximum atomic E-state index is 5.09. The first-order chi connectivity index (χ1) is 6.40. The largest absolute Gasteiger partial charge is 0.395 e. The van der Waals surface area contributed by atoms with Crippen LogP contribution in [0.5, 0.6) is 0 Å². The number of likely N-dealkylation sites (tertiary alicyclic amines) is 1. The molecule has 2 aliphatic heterocycles. The third-order valence-electron chi connectivity index (χ3n) is 2.74. The summed E-state index contributed by atoms with van der Waals surface area (Å²) >= 11 is 0. The van der Waals surface area contributed by atoms with Gasteiger partial charge in [0.25, 0.3) is 0 Å². The molecule has 0 bridgehead atoms. The first kappa shape index (κ1) is 8.75. The van der Waals surface area contributed by atoms with Gasteiger partial charge in [0.2, 0.25) is 0 Å². The van der Waals surface area contributed by atoms with E-state index in [1.807, 2.05) is 6.08 Å². The number of oxime groups is 1. The van der Waals surface area contributed by atoms with E-state index in [0.717, 1.165) is 39.1 Å². The van der Waals surface area contributed by atoms with Gasteiger partial charge in [-0.05, 0) is 6.42 Å². The fourth-order valence-corrected chi connectivity index (χ4v) is 1.94. The monoisotopic (exact) mass is 180 g/mol. The lowest BCUT2D eigenvalue weighted by molar-refractivity contribution is 0.138. The van der Waals surface area contributed by atoms with Crippen LogP contribution in [0.4, 0.5) is 0 Å². The Labute approximate surface area is 79.0 Å². The Balaban J connectivity index is 1.84. The highest BCUT2D eigenvalue weighted by Crippen LogP contribution is 2.19. The summed E-state index contributed by atoms with van der Waals surface area (Å²) in [6.07, 6.45) is 4.15. The van der Waals surface area contributed by atoms with Gasteiger partial charge < -0.3 is 9.74 Å². The summed E-state index contributed by atoms with van der Waals surface area (Å²) in [5.41, 5.74) is 1.27. The lowest BCUT2D eigenvalue weighted by atomic mass is 9.97. The molecule has 13 heavy (non-hydrogen) atoms. The minimum absolute atomic E-state index is 0.568. The molecule has 0 unspecified atom stereocenters. The van der Waals surface area contributed by atoms with Gasteiger partial charge in [-0.25, -0.2) is 0 Å². The SMILES string of the molecule is C=CCCN1CCC2=NOC[C@@H]2C1. The molecule has 0 aliphatic carbocycles. The molecule has 2 aliphatic rings. The highest BCUT2D eigenvalue weighted by atomic mass is 16.6. The molecule has 3 nitrogen and oxygen atoms in total. The summed E-state index contributed by atoms with van der Waals surface area (Å²) in [5, 5.41) is 4.04. The average Bonchev–Trinajstić information content (AvgIpc) is 2.61. The molecule has 1 saturated heterocycles. The van der Waals surface area contributed by atoms with E-state index >= 15 is 0 Å². The first-order valence-corrected chi connectivity index (χ1v) is 4.92. The zero-order valence-corrected chi connectivity index (χ0v) is 7.91. The second-order valence-electron chi connectivity index (χ2n) is 3.70. The molecule has 0 aromatic carbocycles. The van der Waals surface area contributed by atoms with Crippen LogP contribution in [0.15, 0.2) is 17.8 Å². The third kappa shape index (κ3) is 1.91. The van der Waals surface area contributed by atoms with E-state index in [0.29, 0.717) is 5.92 Å². The Morgan fingerprint density at radius 3 is 3.46 bits per heavy atom. The molecule has 0 radical (unpaired) electrons. The Bertz CT molecular complexity index is 225. The van der Waals surface area contributed by atoms with Gasteiger partial charge in [-0.2, -0.15) is 0 Å². The number of hydrogen-bond acceptors (Lipinski definition) is 3. The van der Waals surface area contributed by atoms with Crippen molar-refractivity contribution in [2.45, 2.75) is 12.8 Å². The number of rotatable bonds is 3. The summed E-state index contributed by atoms with van der Waals surface area (Å²) in [5.74, 6) is 0.568. The molecule has 0 aromatic rings. The van der Waals surface area contributed by atoms with E-state index in [9.17, 15) is 0 Å². The summed E-state index contributed by atoms with van der Waals surface area (Å²) < 4.78 is 0. The van der Waals surface area contributed by atoms with Crippen molar-refractivity contribution in [1.29, 1.82) is 0 Å². The van der Waals surface area contributed by atoms with Crippen LogP contribution in [-0.2, 0) is 4.84 Å². The van der Waals surface area contributed by atoms with Crippen molar-refractivity contribution >= 4 is 5.71 Å². The molecule has 2 heterocycles. The van der Waals surface area contributed by atoms with Crippen molar-refractivity contribution in [2.75, 3.05) is 26.2 Å². The van der Waals surface area contributed by atoms with Crippen molar-refractivity contribution < 1.29 is 4.84 Å². The maximum Gasteiger partial charge on any atom is 0.126 e. The number of fused-ring (bicyclic) bond motifs is 1. The van der Waals surface area contributed by atoms with Gasteiger partial charge in [0.15, 0.2) is 0 Å². The van der Waals surface area contributed by atoms with Crippen molar-refractivity contribution in [3.8, 4) is 0 Å². The van der Waals surface area contributed by atoms with Crippen molar-refractivity contribution in [3.63, 3.8) is 0 Å². The van der Waals surface area contributed by atoms with Gasteiger partial charge in [0.05, 0.1) is 11.6 Å². The molecule has 2 rings (SSSR count). The molecule has 0 spiro atoms. The summed E-state index contributed by atoms with van der Waals surface area (Å²) in [6.45, 7) is 7.91. The van der Waals surface area contributed by atoms with Crippen LogP contribution in [0.3, 0.4) is 0 Å². The Morgan fingerprint density at radius 1 is 1.69 bits per heavy atom. The van der Waals surface area contributed by atoms with Crippen LogP contribution in [-0.4, -0.2) is 36.9 Å². The molecule has 1 fully saturated rings. The average molecular weight is 180 g/mol. The van der Waals surface area contributed by atoms with Crippen LogP contribution in [0.2, 0.25) is 0 Å². The minimum atomic E-state index is 0.568.